The van der Waals surface area contributed by atoms with Crippen LogP contribution < -0.4 is 0 Å². The van der Waals surface area contributed by atoms with Gasteiger partial charge in [0, 0.05) is 25.9 Å². The van der Waals surface area contributed by atoms with Crippen molar-refractivity contribution >= 4 is 6.09 Å². The summed E-state index contributed by atoms with van der Waals surface area (Å²) in [5.41, 5.74) is -0.931. The molecule has 1 heterocycles. The largest absolute Gasteiger partial charge is 0.444 e. The van der Waals surface area contributed by atoms with Crippen molar-refractivity contribution < 1.29 is 18.3 Å². The van der Waals surface area contributed by atoms with Crippen LogP contribution in [0.25, 0.3) is 0 Å². The van der Waals surface area contributed by atoms with E-state index in [9.17, 15) is 13.6 Å². The molecule has 19 heavy (non-hydrogen) atoms. The van der Waals surface area contributed by atoms with E-state index >= 15 is 0 Å². The van der Waals surface area contributed by atoms with Crippen LogP contribution in [0.1, 0.15) is 52.9 Å². The quantitative estimate of drug-likeness (QED) is 0.672. The standard InChI is InChI=1S/C14H23F2NO2/c1-12(2,3)19-11(18)17-8-4-5-13(10-17)6-7-14(15,16)9-13/h4-10H2,1-3H3. The molecule has 1 saturated carbocycles. The fourth-order valence-electron chi connectivity index (χ4n) is 3.21. The molecule has 0 aromatic rings. The highest BCUT2D eigenvalue weighted by molar-refractivity contribution is 5.68. The fraction of sp³-hybridized carbons (Fsp3) is 0.929. The highest BCUT2D eigenvalue weighted by Crippen LogP contribution is 2.51. The van der Waals surface area contributed by atoms with Gasteiger partial charge in [0.2, 0.25) is 5.92 Å². The topological polar surface area (TPSA) is 29.5 Å². The monoisotopic (exact) mass is 275 g/mol. The highest BCUT2D eigenvalue weighted by Gasteiger charge is 2.51. The van der Waals surface area contributed by atoms with Gasteiger partial charge in [0.15, 0.2) is 0 Å². The third kappa shape index (κ3) is 3.57. The summed E-state index contributed by atoms with van der Waals surface area (Å²) in [4.78, 5) is 13.6. The maximum Gasteiger partial charge on any atom is 0.410 e. The minimum Gasteiger partial charge on any atom is -0.444 e. The number of amides is 1. The van der Waals surface area contributed by atoms with Gasteiger partial charge in [-0.25, -0.2) is 13.6 Å². The number of carbonyl (C=O) groups is 1. The minimum atomic E-state index is -2.56. The number of halogens is 2. The molecule has 1 amide bonds. The molecule has 0 aromatic carbocycles. The molecule has 0 N–H and O–H groups in total. The summed E-state index contributed by atoms with van der Waals surface area (Å²) in [7, 11) is 0. The molecule has 110 valence electrons. The average Bonchev–Trinajstić information content (AvgIpc) is 2.52. The Morgan fingerprint density at radius 3 is 2.42 bits per heavy atom. The van der Waals surface area contributed by atoms with E-state index in [0.717, 1.165) is 12.8 Å². The summed E-state index contributed by atoms with van der Waals surface area (Å²) in [5.74, 6) is -2.56. The van der Waals surface area contributed by atoms with Crippen molar-refractivity contribution in [2.45, 2.75) is 64.4 Å². The maximum atomic E-state index is 13.4. The molecular formula is C14H23F2NO2. The summed E-state index contributed by atoms with van der Waals surface area (Å²) < 4.78 is 32.2. The Labute approximate surface area is 113 Å². The molecule has 0 bridgehead atoms. The van der Waals surface area contributed by atoms with Gasteiger partial charge in [0.05, 0.1) is 0 Å². The maximum absolute atomic E-state index is 13.4. The van der Waals surface area contributed by atoms with Crippen molar-refractivity contribution in [3.63, 3.8) is 0 Å². The summed E-state index contributed by atoms with van der Waals surface area (Å²) in [6.07, 6.45) is 1.59. The van der Waals surface area contributed by atoms with Crippen LogP contribution in [0.15, 0.2) is 0 Å². The van der Waals surface area contributed by atoms with E-state index in [4.69, 9.17) is 4.74 Å². The number of ether oxygens (including phenoxy) is 1. The van der Waals surface area contributed by atoms with Gasteiger partial charge in [-0.15, -0.1) is 0 Å². The Bertz CT molecular complexity index is 365. The van der Waals surface area contributed by atoms with Gasteiger partial charge in [-0.2, -0.15) is 0 Å². The van der Waals surface area contributed by atoms with E-state index in [0.29, 0.717) is 19.5 Å². The van der Waals surface area contributed by atoms with Crippen LogP contribution in [-0.4, -0.2) is 35.6 Å². The first-order valence-electron chi connectivity index (χ1n) is 6.97. The summed E-state index contributed by atoms with van der Waals surface area (Å²) in [6.45, 7) is 6.47. The fourth-order valence-corrected chi connectivity index (χ4v) is 3.21. The molecule has 1 atom stereocenters. The lowest BCUT2D eigenvalue weighted by molar-refractivity contribution is -0.0239. The predicted octanol–water partition coefficient (Wildman–Crippen LogP) is 3.82. The summed E-state index contributed by atoms with van der Waals surface area (Å²) in [5, 5.41) is 0. The van der Waals surface area contributed by atoms with Crippen molar-refractivity contribution in [3.05, 3.63) is 0 Å². The average molecular weight is 275 g/mol. The molecule has 0 aromatic heterocycles. The third-order valence-electron chi connectivity index (χ3n) is 3.97. The van der Waals surface area contributed by atoms with E-state index in [1.54, 1.807) is 4.90 Å². The van der Waals surface area contributed by atoms with Gasteiger partial charge in [-0.3, -0.25) is 0 Å². The number of likely N-dealkylation sites (tertiary alicyclic amines) is 1. The van der Waals surface area contributed by atoms with Gasteiger partial charge in [0.25, 0.3) is 0 Å². The minimum absolute atomic E-state index is 0.0465. The van der Waals surface area contributed by atoms with E-state index in [1.165, 1.54) is 0 Å². The van der Waals surface area contributed by atoms with E-state index in [-0.39, 0.29) is 18.9 Å². The van der Waals surface area contributed by atoms with E-state index in [1.807, 2.05) is 20.8 Å². The molecule has 2 aliphatic rings. The Morgan fingerprint density at radius 1 is 1.21 bits per heavy atom. The first-order valence-corrected chi connectivity index (χ1v) is 6.97. The Kier molecular flexibility index (Phi) is 3.52. The molecular weight excluding hydrogens is 252 g/mol. The highest BCUT2D eigenvalue weighted by atomic mass is 19.3. The van der Waals surface area contributed by atoms with Crippen molar-refractivity contribution in [3.8, 4) is 0 Å². The van der Waals surface area contributed by atoms with Crippen molar-refractivity contribution in [1.29, 1.82) is 0 Å². The van der Waals surface area contributed by atoms with Gasteiger partial charge < -0.3 is 9.64 Å². The zero-order chi connectivity index (χ0) is 14.3. The van der Waals surface area contributed by atoms with Crippen molar-refractivity contribution in [2.24, 2.45) is 5.41 Å². The second-order valence-electron chi connectivity index (χ2n) is 7.04. The second-order valence-corrected chi connectivity index (χ2v) is 7.04. The van der Waals surface area contributed by atoms with Crippen LogP contribution in [0.2, 0.25) is 0 Å². The first kappa shape index (κ1) is 14.5. The number of carbonyl (C=O) groups excluding carboxylic acids is 1. The predicted molar refractivity (Wildman–Crippen MR) is 68.3 cm³/mol. The second kappa shape index (κ2) is 4.60. The van der Waals surface area contributed by atoms with E-state index in [2.05, 4.69) is 0 Å². The lowest BCUT2D eigenvalue weighted by Gasteiger charge is -2.40. The zero-order valence-electron chi connectivity index (χ0n) is 12.0. The molecule has 3 nitrogen and oxygen atoms in total. The number of piperidine rings is 1. The number of nitrogens with zero attached hydrogens (tertiary/aromatic N) is 1. The normalized spacial score (nSPS) is 30.7. The molecule has 1 aliphatic heterocycles. The van der Waals surface area contributed by atoms with Crippen molar-refractivity contribution in [1.82, 2.24) is 4.90 Å². The van der Waals surface area contributed by atoms with Crippen LogP contribution in [0.5, 0.6) is 0 Å². The molecule has 1 aliphatic carbocycles. The molecule has 0 radical (unpaired) electrons. The lowest BCUT2D eigenvalue weighted by Crippen LogP contribution is -2.47. The lowest BCUT2D eigenvalue weighted by atomic mass is 9.78. The molecule has 1 unspecified atom stereocenters. The van der Waals surface area contributed by atoms with Gasteiger partial charge in [-0.1, -0.05) is 0 Å². The van der Waals surface area contributed by atoms with Gasteiger partial charge >= 0.3 is 6.09 Å². The molecule has 2 fully saturated rings. The van der Waals surface area contributed by atoms with Crippen LogP contribution in [0.3, 0.4) is 0 Å². The number of rotatable bonds is 0. The number of hydrogen-bond acceptors (Lipinski definition) is 2. The summed E-state index contributed by atoms with van der Waals surface area (Å²) in [6, 6.07) is 0. The van der Waals surface area contributed by atoms with Crippen LogP contribution >= 0.6 is 0 Å². The van der Waals surface area contributed by atoms with Crippen LogP contribution in [0, 0.1) is 5.41 Å². The Morgan fingerprint density at radius 2 is 1.89 bits per heavy atom. The third-order valence-corrected chi connectivity index (χ3v) is 3.97. The number of hydrogen-bond donors (Lipinski definition) is 0. The Balaban J connectivity index is 2.00. The molecule has 5 heteroatoms. The SMILES string of the molecule is CC(C)(C)OC(=O)N1CCCC2(CCC(F)(F)C2)C1. The van der Waals surface area contributed by atoms with Crippen LogP contribution in [-0.2, 0) is 4.74 Å². The van der Waals surface area contributed by atoms with Crippen molar-refractivity contribution in [2.75, 3.05) is 13.1 Å². The molecule has 2 rings (SSSR count). The summed E-state index contributed by atoms with van der Waals surface area (Å²) >= 11 is 0. The van der Waals surface area contributed by atoms with Crippen LogP contribution in [0.4, 0.5) is 13.6 Å². The Hall–Kier alpha value is -0.870. The molecule has 1 saturated heterocycles. The van der Waals surface area contributed by atoms with E-state index < -0.39 is 16.9 Å². The van der Waals surface area contributed by atoms with Gasteiger partial charge in [0.1, 0.15) is 5.60 Å². The first-order chi connectivity index (χ1) is 8.61. The smallest absolute Gasteiger partial charge is 0.410 e. The number of alkyl halides is 2. The van der Waals surface area contributed by atoms with Gasteiger partial charge in [-0.05, 0) is 45.4 Å². The molecule has 1 spiro atoms. The zero-order valence-corrected chi connectivity index (χ0v) is 12.0.